The lowest BCUT2D eigenvalue weighted by molar-refractivity contribution is 0.446. The highest BCUT2D eigenvalue weighted by Gasteiger charge is 2.31. The zero-order valence-corrected chi connectivity index (χ0v) is 41.8. The van der Waals surface area contributed by atoms with Gasteiger partial charge in [0.25, 0.3) is 0 Å². The summed E-state index contributed by atoms with van der Waals surface area (Å²) in [5.74, 6) is 0.832. The number of benzene rings is 6. The standard InChI is InChI=1S/C63H64N4O/c1-60(2,3)46-35-43(36-47(37-46)61(4,5)6)42-32-44(34-45(33-42)54-28-19-20-30-64-54)49-29-31-65-59-55(49)66-58(52-38-48(62(7,8)9)39-53(57(52)68)63(10,11)12)67(59)56-50(40-22-15-13-16-23-40)26-21-27-51(56)41-24-17-14-18-25-41/h13-39,68H,1-12H3. The second kappa shape index (κ2) is 17.2. The van der Waals surface area contributed by atoms with Crippen molar-refractivity contribution in [2.24, 2.45) is 0 Å². The average molecular weight is 893 g/mol. The number of para-hydroxylation sites is 1. The van der Waals surface area contributed by atoms with Crippen LogP contribution in [0.1, 0.15) is 105 Å². The van der Waals surface area contributed by atoms with E-state index in [0.29, 0.717) is 17.0 Å². The van der Waals surface area contributed by atoms with Gasteiger partial charge in [-0.25, -0.2) is 9.97 Å². The van der Waals surface area contributed by atoms with Crippen LogP contribution < -0.4 is 0 Å². The number of hydrogen-bond acceptors (Lipinski definition) is 4. The van der Waals surface area contributed by atoms with E-state index in [-0.39, 0.29) is 27.4 Å². The Morgan fingerprint density at radius 2 is 0.926 bits per heavy atom. The SMILES string of the molecule is CC(C)(C)c1cc(-c2cc(-c3ccccn3)cc(-c3ccnc4c3nc(-c3cc(C(C)(C)C)cc(C(C)(C)C)c3O)n4-c3c(-c4ccccc4)cccc3-c3ccccc3)c2)cc(C(C)(C)C)c1. The van der Waals surface area contributed by atoms with Gasteiger partial charge in [0.15, 0.2) is 11.5 Å². The quantitative estimate of drug-likeness (QED) is 0.173. The summed E-state index contributed by atoms with van der Waals surface area (Å²) in [5.41, 5.74) is 17.1. The van der Waals surface area contributed by atoms with Crippen molar-refractivity contribution in [2.75, 3.05) is 0 Å². The smallest absolute Gasteiger partial charge is 0.165 e. The molecule has 0 saturated heterocycles. The van der Waals surface area contributed by atoms with Crippen LogP contribution in [0.15, 0.2) is 164 Å². The molecule has 1 N–H and O–H groups in total. The fraction of sp³-hybridized carbons (Fsp3) is 0.254. The van der Waals surface area contributed by atoms with E-state index >= 15 is 0 Å². The first-order valence-corrected chi connectivity index (χ1v) is 23.9. The summed E-state index contributed by atoms with van der Waals surface area (Å²) < 4.78 is 2.21. The molecule has 9 rings (SSSR count). The van der Waals surface area contributed by atoms with Crippen molar-refractivity contribution >= 4 is 11.2 Å². The first kappa shape index (κ1) is 46.0. The molecule has 3 heterocycles. The topological polar surface area (TPSA) is 63.8 Å². The Labute approximate surface area is 403 Å². The number of nitrogens with zero attached hydrogens (tertiary/aromatic N) is 4. The van der Waals surface area contributed by atoms with Gasteiger partial charge in [-0.3, -0.25) is 9.55 Å². The van der Waals surface area contributed by atoms with E-state index < -0.39 is 0 Å². The van der Waals surface area contributed by atoms with Crippen LogP contribution >= 0.6 is 0 Å². The average Bonchev–Trinajstić information content (AvgIpc) is 3.70. The molecule has 0 aliphatic carbocycles. The molecule has 0 amide bonds. The van der Waals surface area contributed by atoms with Crippen molar-refractivity contribution in [3.8, 4) is 78.6 Å². The van der Waals surface area contributed by atoms with Crippen molar-refractivity contribution in [3.63, 3.8) is 0 Å². The molecule has 0 saturated carbocycles. The molecule has 3 aromatic heterocycles. The third kappa shape index (κ3) is 8.90. The lowest BCUT2D eigenvalue weighted by Crippen LogP contribution is -2.17. The number of aromatic nitrogens is 4. The van der Waals surface area contributed by atoms with E-state index in [2.05, 4.69) is 227 Å². The zero-order valence-electron chi connectivity index (χ0n) is 41.8. The highest BCUT2D eigenvalue weighted by molar-refractivity contribution is 5.98. The van der Waals surface area contributed by atoms with Gasteiger partial charge in [0.1, 0.15) is 11.3 Å². The number of aromatic hydroxyl groups is 1. The minimum absolute atomic E-state index is 0.0602. The molecule has 0 spiro atoms. The summed E-state index contributed by atoms with van der Waals surface area (Å²) >= 11 is 0. The van der Waals surface area contributed by atoms with E-state index in [4.69, 9.17) is 15.0 Å². The summed E-state index contributed by atoms with van der Waals surface area (Å²) in [6, 6.07) is 54.0. The third-order valence-corrected chi connectivity index (χ3v) is 13.2. The van der Waals surface area contributed by atoms with E-state index in [9.17, 15) is 5.11 Å². The monoisotopic (exact) mass is 893 g/mol. The summed E-state index contributed by atoms with van der Waals surface area (Å²) in [4.78, 5) is 15.9. The second-order valence-corrected chi connectivity index (χ2v) is 22.5. The molecule has 5 heteroatoms. The van der Waals surface area contributed by atoms with E-state index in [1.807, 2.05) is 24.5 Å². The molecule has 6 aromatic carbocycles. The molecule has 0 aliphatic heterocycles. The second-order valence-electron chi connectivity index (χ2n) is 22.5. The number of rotatable bonds is 7. The summed E-state index contributed by atoms with van der Waals surface area (Å²) in [6.45, 7) is 26.9. The number of phenols is 1. The molecule has 68 heavy (non-hydrogen) atoms. The largest absolute Gasteiger partial charge is 0.507 e. The van der Waals surface area contributed by atoms with Gasteiger partial charge in [0.2, 0.25) is 0 Å². The maximum absolute atomic E-state index is 12.7. The highest BCUT2D eigenvalue weighted by Crippen LogP contribution is 2.47. The van der Waals surface area contributed by atoms with E-state index in [1.54, 1.807) is 0 Å². The van der Waals surface area contributed by atoms with Crippen molar-refractivity contribution < 1.29 is 5.11 Å². The third-order valence-electron chi connectivity index (χ3n) is 13.2. The lowest BCUT2D eigenvalue weighted by atomic mass is 9.78. The normalized spacial score (nSPS) is 12.5. The molecule has 9 aromatic rings. The van der Waals surface area contributed by atoms with Crippen molar-refractivity contribution in [1.29, 1.82) is 0 Å². The molecule has 0 atom stereocenters. The Kier molecular flexibility index (Phi) is 11.6. The molecule has 0 bridgehead atoms. The van der Waals surface area contributed by atoms with Crippen LogP contribution in [-0.2, 0) is 21.7 Å². The predicted octanol–water partition coefficient (Wildman–Crippen LogP) is 16.7. The van der Waals surface area contributed by atoms with Crippen LogP contribution in [0.3, 0.4) is 0 Å². The van der Waals surface area contributed by atoms with Crippen LogP contribution in [-0.4, -0.2) is 24.6 Å². The van der Waals surface area contributed by atoms with Gasteiger partial charge in [0, 0.05) is 40.2 Å². The van der Waals surface area contributed by atoms with Crippen molar-refractivity contribution in [1.82, 2.24) is 19.5 Å². The molecular formula is C63H64N4O. The maximum Gasteiger partial charge on any atom is 0.165 e. The van der Waals surface area contributed by atoms with Crippen LogP contribution in [0.2, 0.25) is 0 Å². The first-order chi connectivity index (χ1) is 32.2. The van der Waals surface area contributed by atoms with Gasteiger partial charge in [-0.15, -0.1) is 0 Å². The van der Waals surface area contributed by atoms with Crippen molar-refractivity contribution in [3.05, 3.63) is 186 Å². The Balaban J connectivity index is 1.43. The summed E-state index contributed by atoms with van der Waals surface area (Å²) in [7, 11) is 0. The fourth-order valence-electron chi connectivity index (χ4n) is 9.19. The van der Waals surface area contributed by atoms with Gasteiger partial charge in [-0.2, -0.15) is 0 Å². The van der Waals surface area contributed by atoms with Crippen LogP contribution in [0, 0.1) is 0 Å². The van der Waals surface area contributed by atoms with E-state index in [1.165, 1.54) is 11.1 Å². The first-order valence-electron chi connectivity index (χ1n) is 23.9. The number of pyridine rings is 2. The molecule has 342 valence electrons. The van der Waals surface area contributed by atoms with Gasteiger partial charge >= 0.3 is 0 Å². The molecule has 0 radical (unpaired) electrons. The van der Waals surface area contributed by atoms with Crippen LogP contribution in [0.4, 0.5) is 0 Å². The number of phenolic OH excluding ortho intramolecular Hbond substituents is 1. The molecule has 0 aliphatic rings. The maximum atomic E-state index is 12.7. The van der Waals surface area contributed by atoms with Gasteiger partial charge in [-0.1, -0.05) is 192 Å². The minimum atomic E-state index is -0.364. The fourth-order valence-corrected chi connectivity index (χ4v) is 9.19. The van der Waals surface area contributed by atoms with Crippen LogP contribution in [0.25, 0.3) is 84.0 Å². The zero-order chi connectivity index (χ0) is 48.3. The molecule has 0 fully saturated rings. The van der Waals surface area contributed by atoms with Crippen molar-refractivity contribution in [2.45, 2.75) is 105 Å². The summed E-state index contributed by atoms with van der Waals surface area (Å²) in [5, 5.41) is 12.7. The highest BCUT2D eigenvalue weighted by atomic mass is 16.3. The van der Waals surface area contributed by atoms with Gasteiger partial charge in [-0.05, 0) is 109 Å². The van der Waals surface area contributed by atoms with Gasteiger partial charge < -0.3 is 5.11 Å². The lowest BCUT2D eigenvalue weighted by Gasteiger charge is -2.28. The Hall–Kier alpha value is -7.11. The summed E-state index contributed by atoms with van der Waals surface area (Å²) in [6.07, 6.45) is 3.76. The number of imidazole rings is 1. The molecule has 0 unspecified atom stereocenters. The predicted molar refractivity (Wildman–Crippen MR) is 286 cm³/mol. The van der Waals surface area contributed by atoms with E-state index in [0.717, 1.165) is 78.1 Å². The molecular weight excluding hydrogens is 829 g/mol. The van der Waals surface area contributed by atoms with Crippen LogP contribution in [0.5, 0.6) is 5.75 Å². The number of hydrogen-bond donors (Lipinski definition) is 1. The molecule has 5 nitrogen and oxygen atoms in total. The minimum Gasteiger partial charge on any atom is -0.507 e. The Morgan fingerprint density at radius 3 is 1.47 bits per heavy atom. The Bertz CT molecular complexity index is 3210. The number of fused-ring (bicyclic) bond motifs is 1. The van der Waals surface area contributed by atoms with Gasteiger partial charge in [0.05, 0.1) is 16.9 Å². The Morgan fingerprint density at radius 1 is 0.397 bits per heavy atom.